The van der Waals surface area contributed by atoms with E-state index in [0.717, 1.165) is 18.5 Å². The average molecular weight is 437 g/mol. The van der Waals surface area contributed by atoms with E-state index in [1.165, 1.54) is 10.4 Å². The summed E-state index contributed by atoms with van der Waals surface area (Å²) in [4.78, 5) is 17.2. The van der Waals surface area contributed by atoms with Gasteiger partial charge in [-0.05, 0) is 31.0 Å². The van der Waals surface area contributed by atoms with Gasteiger partial charge in [0.15, 0.2) is 0 Å². The van der Waals surface area contributed by atoms with Crippen LogP contribution in [0.2, 0.25) is 5.02 Å². The first-order chi connectivity index (χ1) is 13.9. The van der Waals surface area contributed by atoms with E-state index in [0.29, 0.717) is 50.0 Å². The third kappa shape index (κ3) is 3.89. The van der Waals surface area contributed by atoms with Gasteiger partial charge in [-0.15, -0.1) is 0 Å². The first-order valence-electron chi connectivity index (χ1n) is 9.83. The van der Waals surface area contributed by atoms with Gasteiger partial charge in [-0.3, -0.25) is 4.79 Å². The fourth-order valence-corrected chi connectivity index (χ4v) is 5.83. The first-order valence-corrected chi connectivity index (χ1v) is 11.6. The van der Waals surface area contributed by atoms with Gasteiger partial charge in [0.05, 0.1) is 10.7 Å². The highest BCUT2D eigenvalue weighted by Gasteiger charge is 2.31. The van der Waals surface area contributed by atoms with Crippen molar-refractivity contribution in [3.8, 4) is 0 Å². The number of piperazine rings is 1. The second kappa shape index (κ2) is 8.01. The van der Waals surface area contributed by atoms with Crippen molar-refractivity contribution in [2.75, 3.05) is 44.2 Å². The molecule has 7 nitrogen and oxygen atoms in total. The van der Waals surface area contributed by atoms with Crippen LogP contribution in [0.1, 0.15) is 23.3 Å². The van der Waals surface area contributed by atoms with Crippen molar-refractivity contribution in [1.82, 2.24) is 13.8 Å². The molecular formula is C20H25ClN4O3S. The van der Waals surface area contributed by atoms with Crippen LogP contribution in [0.3, 0.4) is 0 Å². The van der Waals surface area contributed by atoms with Crippen molar-refractivity contribution in [1.29, 1.82) is 0 Å². The molecule has 3 heterocycles. The van der Waals surface area contributed by atoms with E-state index in [4.69, 9.17) is 11.6 Å². The Bertz CT molecular complexity index is 1010. The molecule has 0 spiro atoms. The Balaban J connectivity index is 1.47. The molecule has 2 saturated heterocycles. The zero-order chi connectivity index (χ0) is 20.6. The molecule has 1 aromatic carbocycles. The number of hydrogen-bond acceptors (Lipinski definition) is 4. The monoisotopic (exact) mass is 436 g/mol. The van der Waals surface area contributed by atoms with Crippen molar-refractivity contribution in [2.45, 2.75) is 17.7 Å². The number of amides is 1. The Labute approximate surface area is 176 Å². The number of carbonyl (C=O) groups excluding carboxylic acids is 1. The van der Waals surface area contributed by atoms with E-state index < -0.39 is 10.0 Å². The predicted octanol–water partition coefficient (Wildman–Crippen LogP) is 2.43. The maximum Gasteiger partial charge on any atom is 0.270 e. The van der Waals surface area contributed by atoms with Crippen LogP contribution in [-0.4, -0.2) is 67.4 Å². The lowest BCUT2D eigenvalue weighted by Gasteiger charge is -2.36. The van der Waals surface area contributed by atoms with E-state index in [-0.39, 0.29) is 10.8 Å². The Morgan fingerprint density at radius 2 is 1.66 bits per heavy atom. The van der Waals surface area contributed by atoms with Gasteiger partial charge in [0, 0.05) is 52.5 Å². The first kappa shape index (κ1) is 20.3. The van der Waals surface area contributed by atoms with Gasteiger partial charge in [0.25, 0.3) is 5.91 Å². The molecule has 0 unspecified atom stereocenters. The topological polar surface area (TPSA) is 65.9 Å². The largest absolute Gasteiger partial charge is 0.367 e. The standard InChI is InChI=1S/C20H25ClN4O3S/c1-22-15-16(29(27,28)25-8-4-5-9-25)14-19(22)20(26)24-12-10-23(11-13-24)18-7-3-2-6-17(18)21/h2-3,6-7,14-15H,4-5,8-13H2,1H3. The number of para-hydroxylation sites is 1. The highest BCUT2D eigenvalue weighted by atomic mass is 35.5. The van der Waals surface area contributed by atoms with Crippen molar-refractivity contribution in [3.05, 3.63) is 47.2 Å². The highest BCUT2D eigenvalue weighted by Crippen LogP contribution is 2.27. The summed E-state index contributed by atoms with van der Waals surface area (Å²) < 4.78 is 28.7. The molecule has 2 aliphatic rings. The lowest BCUT2D eigenvalue weighted by Crippen LogP contribution is -2.49. The number of rotatable bonds is 4. The quantitative estimate of drug-likeness (QED) is 0.738. The minimum Gasteiger partial charge on any atom is -0.367 e. The molecule has 29 heavy (non-hydrogen) atoms. The van der Waals surface area contributed by atoms with Gasteiger partial charge in [-0.2, -0.15) is 4.31 Å². The summed E-state index contributed by atoms with van der Waals surface area (Å²) in [6.45, 7) is 3.57. The summed E-state index contributed by atoms with van der Waals surface area (Å²) in [7, 11) is -1.82. The summed E-state index contributed by atoms with van der Waals surface area (Å²) >= 11 is 6.29. The molecule has 0 atom stereocenters. The van der Waals surface area contributed by atoms with Gasteiger partial charge in [0.2, 0.25) is 10.0 Å². The second-order valence-electron chi connectivity index (χ2n) is 7.51. The summed E-state index contributed by atoms with van der Waals surface area (Å²) in [5.74, 6) is -0.144. The fourth-order valence-electron chi connectivity index (χ4n) is 3.99. The van der Waals surface area contributed by atoms with Crippen LogP contribution in [0.4, 0.5) is 5.69 Å². The number of halogens is 1. The van der Waals surface area contributed by atoms with Crippen molar-refractivity contribution < 1.29 is 13.2 Å². The minimum atomic E-state index is -3.54. The zero-order valence-electron chi connectivity index (χ0n) is 16.4. The zero-order valence-corrected chi connectivity index (χ0v) is 18.0. The van der Waals surface area contributed by atoms with Crippen LogP contribution >= 0.6 is 11.6 Å². The predicted molar refractivity (Wildman–Crippen MR) is 113 cm³/mol. The molecule has 156 valence electrons. The van der Waals surface area contributed by atoms with Gasteiger partial charge in [-0.25, -0.2) is 8.42 Å². The Kier molecular flexibility index (Phi) is 5.59. The molecule has 2 aromatic rings. The van der Waals surface area contributed by atoms with E-state index in [1.807, 2.05) is 24.3 Å². The number of hydrogen-bond donors (Lipinski definition) is 0. The Morgan fingerprint density at radius 1 is 1.00 bits per heavy atom. The number of nitrogens with zero attached hydrogens (tertiary/aromatic N) is 4. The van der Waals surface area contributed by atoms with Gasteiger partial charge < -0.3 is 14.4 Å². The van der Waals surface area contributed by atoms with Crippen molar-refractivity contribution in [2.24, 2.45) is 7.05 Å². The summed E-state index contributed by atoms with van der Waals surface area (Å²) in [6, 6.07) is 9.20. The van der Waals surface area contributed by atoms with Crippen LogP contribution in [0.25, 0.3) is 0 Å². The Morgan fingerprint density at radius 3 is 2.31 bits per heavy atom. The van der Waals surface area contributed by atoms with Crippen LogP contribution in [0.5, 0.6) is 0 Å². The number of carbonyl (C=O) groups is 1. The molecule has 2 fully saturated rings. The average Bonchev–Trinajstić information content (AvgIpc) is 3.39. The summed E-state index contributed by atoms with van der Waals surface area (Å²) in [6.07, 6.45) is 3.31. The highest BCUT2D eigenvalue weighted by molar-refractivity contribution is 7.89. The number of anilines is 1. The van der Waals surface area contributed by atoms with Gasteiger partial charge >= 0.3 is 0 Å². The molecule has 2 aliphatic heterocycles. The van der Waals surface area contributed by atoms with E-state index in [9.17, 15) is 13.2 Å². The molecule has 1 aromatic heterocycles. The maximum atomic E-state index is 13.0. The van der Waals surface area contributed by atoms with Gasteiger partial charge in [-0.1, -0.05) is 23.7 Å². The third-order valence-electron chi connectivity index (χ3n) is 5.66. The summed E-state index contributed by atoms with van der Waals surface area (Å²) in [5.41, 5.74) is 1.37. The molecule has 0 N–H and O–H groups in total. The smallest absolute Gasteiger partial charge is 0.270 e. The molecule has 0 saturated carbocycles. The summed E-state index contributed by atoms with van der Waals surface area (Å²) in [5, 5.41) is 0.700. The van der Waals surface area contributed by atoms with Crippen LogP contribution in [-0.2, 0) is 17.1 Å². The number of sulfonamides is 1. The second-order valence-corrected chi connectivity index (χ2v) is 9.86. The van der Waals surface area contributed by atoms with Crippen LogP contribution < -0.4 is 4.90 Å². The number of benzene rings is 1. The molecule has 1 amide bonds. The third-order valence-corrected chi connectivity index (χ3v) is 7.85. The lowest BCUT2D eigenvalue weighted by molar-refractivity contribution is 0.0737. The Hall–Kier alpha value is -2.03. The molecule has 0 bridgehead atoms. The normalized spacial score (nSPS) is 18.4. The van der Waals surface area contributed by atoms with Crippen LogP contribution in [0.15, 0.2) is 41.4 Å². The van der Waals surface area contributed by atoms with Crippen molar-refractivity contribution >= 4 is 33.2 Å². The number of aromatic nitrogens is 1. The minimum absolute atomic E-state index is 0.144. The van der Waals surface area contributed by atoms with Gasteiger partial charge in [0.1, 0.15) is 10.6 Å². The molecule has 9 heteroatoms. The lowest BCUT2D eigenvalue weighted by atomic mass is 10.2. The molecule has 0 radical (unpaired) electrons. The van der Waals surface area contributed by atoms with E-state index >= 15 is 0 Å². The molecule has 0 aliphatic carbocycles. The van der Waals surface area contributed by atoms with E-state index in [2.05, 4.69) is 4.90 Å². The maximum absolute atomic E-state index is 13.0. The SMILES string of the molecule is Cn1cc(S(=O)(=O)N2CCCC2)cc1C(=O)N1CCN(c2ccccc2Cl)CC1. The van der Waals surface area contributed by atoms with E-state index in [1.54, 1.807) is 22.7 Å². The van der Waals surface area contributed by atoms with Crippen LogP contribution in [0, 0.1) is 0 Å². The molecule has 4 rings (SSSR count). The number of aryl methyl sites for hydroxylation is 1. The van der Waals surface area contributed by atoms with Crippen molar-refractivity contribution in [3.63, 3.8) is 0 Å². The molecular weight excluding hydrogens is 412 g/mol. The fraction of sp³-hybridized carbons (Fsp3) is 0.450.